The molecule has 0 aliphatic rings. The molecule has 4 aromatic carbocycles. The molecule has 40 heavy (non-hydrogen) atoms. The number of carbonyl (C=O) groups is 2. The van der Waals surface area contributed by atoms with Crippen LogP contribution >= 0.6 is 0 Å². The van der Waals surface area contributed by atoms with Crippen molar-refractivity contribution >= 4 is 33.3 Å². The SMILES string of the molecule is C[C@H](OC(=O)c1ccc(NS(=O)(=O)c2ccc(F)c(F)c2)cc1)C(=O)Nc1ccc(OCc2ccccc2)cc1. The highest BCUT2D eigenvalue weighted by atomic mass is 32.2. The zero-order chi connectivity index (χ0) is 28.7. The fraction of sp³-hybridized carbons (Fsp3) is 0.103. The minimum Gasteiger partial charge on any atom is -0.489 e. The molecule has 0 radical (unpaired) electrons. The second-order valence-corrected chi connectivity index (χ2v) is 10.3. The summed E-state index contributed by atoms with van der Waals surface area (Å²) < 4.78 is 64.5. The van der Waals surface area contributed by atoms with Crippen molar-refractivity contribution < 1.29 is 36.3 Å². The summed E-state index contributed by atoms with van der Waals surface area (Å²) in [6.45, 7) is 1.81. The number of esters is 1. The maximum absolute atomic E-state index is 13.4. The van der Waals surface area contributed by atoms with Gasteiger partial charge in [-0.1, -0.05) is 30.3 Å². The van der Waals surface area contributed by atoms with Crippen LogP contribution in [0.4, 0.5) is 20.2 Å². The standard InChI is InChI=1S/C29H24F2N2O6S/c1-19(28(34)32-22-11-13-24(14-12-22)38-18-20-5-3-2-4-6-20)39-29(35)21-7-9-23(10-8-21)33-40(36,37)25-15-16-26(30)27(31)17-25/h2-17,19,33H,18H2,1H3,(H,32,34)/t19-/m0/s1. The Hall–Kier alpha value is -4.77. The molecule has 0 spiro atoms. The van der Waals surface area contributed by atoms with Crippen molar-refractivity contribution in [2.24, 2.45) is 0 Å². The van der Waals surface area contributed by atoms with E-state index in [1.807, 2.05) is 30.3 Å². The Morgan fingerprint density at radius 3 is 2.12 bits per heavy atom. The molecule has 2 N–H and O–H groups in total. The first-order chi connectivity index (χ1) is 19.1. The highest BCUT2D eigenvalue weighted by molar-refractivity contribution is 7.92. The number of sulfonamides is 1. The van der Waals surface area contributed by atoms with Gasteiger partial charge in [0.25, 0.3) is 15.9 Å². The molecule has 0 unspecified atom stereocenters. The lowest BCUT2D eigenvalue weighted by Gasteiger charge is -2.14. The van der Waals surface area contributed by atoms with Crippen LogP contribution in [0, 0.1) is 11.6 Å². The molecular formula is C29H24F2N2O6S. The van der Waals surface area contributed by atoms with Crippen molar-refractivity contribution in [1.82, 2.24) is 0 Å². The molecule has 0 saturated heterocycles. The Kier molecular flexibility index (Phi) is 8.75. The summed E-state index contributed by atoms with van der Waals surface area (Å²) >= 11 is 0. The summed E-state index contributed by atoms with van der Waals surface area (Å²) in [5.41, 5.74) is 1.64. The van der Waals surface area contributed by atoms with Crippen LogP contribution < -0.4 is 14.8 Å². The molecule has 0 saturated carbocycles. The number of halogens is 2. The third-order valence-electron chi connectivity index (χ3n) is 5.60. The normalized spacial score (nSPS) is 11.8. The van der Waals surface area contributed by atoms with Gasteiger partial charge < -0.3 is 14.8 Å². The Morgan fingerprint density at radius 2 is 1.48 bits per heavy atom. The average Bonchev–Trinajstić information content (AvgIpc) is 2.94. The summed E-state index contributed by atoms with van der Waals surface area (Å²) in [4.78, 5) is 24.5. The van der Waals surface area contributed by atoms with E-state index in [1.165, 1.54) is 31.2 Å². The van der Waals surface area contributed by atoms with Gasteiger partial charge in [0, 0.05) is 11.4 Å². The Bertz CT molecular complexity index is 1600. The molecule has 8 nitrogen and oxygen atoms in total. The molecule has 0 fully saturated rings. The van der Waals surface area contributed by atoms with E-state index in [-0.39, 0.29) is 11.3 Å². The van der Waals surface area contributed by atoms with Crippen LogP contribution in [0.2, 0.25) is 0 Å². The number of rotatable bonds is 10. The minimum absolute atomic E-state index is 0.0651. The number of carbonyl (C=O) groups excluding carboxylic acids is 2. The Labute approximate surface area is 229 Å². The molecule has 0 aromatic heterocycles. The summed E-state index contributed by atoms with van der Waals surface area (Å²) in [6.07, 6.45) is -1.13. The van der Waals surface area contributed by atoms with Gasteiger partial charge in [0.05, 0.1) is 10.5 Å². The lowest BCUT2D eigenvalue weighted by atomic mass is 10.2. The third kappa shape index (κ3) is 7.41. The molecule has 0 bridgehead atoms. The van der Waals surface area contributed by atoms with Crippen LogP contribution in [-0.2, 0) is 26.2 Å². The monoisotopic (exact) mass is 566 g/mol. The molecule has 11 heteroatoms. The van der Waals surface area contributed by atoms with Gasteiger partial charge >= 0.3 is 5.97 Å². The molecule has 206 valence electrons. The number of benzene rings is 4. The lowest BCUT2D eigenvalue weighted by molar-refractivity contribution is -0.123. The smallest absolute Gasteiger partial charge is 0.338 e. The number of anilines is 2. The van der Waals surface area contributed by atoms with E-state index < -0.39 is 44.5 Å². The first kappa shape index (κ1) is 28.2. The second kappa shape index (κ2) is 12.4. The quantitative estimate of drug-likeness (QED) is 0.244. The van der Waals surface area contributed by atoms with Crippen molar-refractivity contribution in [3.63, 3.8) is 0 Å². The van der Waals surface area contributed by atoms with Gasteiger partial charge in [-0.3, -0.25) is 9.52 Å². The maximum Gasteiger partial charge on any atom is 0.338 e. The largest absolute Gasteiger partial charge is 0.489 e. The fourth-order valence-corrected chi connectivity index (χ4v) is 4.50. The van der Waals surface area contributed by atoms with Crippen molar-refractivity contribution in [3.05, 3.63) is 120 Å². The second-order valence-electron chi connectivity index (χ2n) is 8.59. The number of nitrogens with one attached hydrogen (secondary N) is 2. The molecule has 1 atom stereocenters. The Morgan fingerprint density at radius 1 is 0.825 bits per heavy atom. The predicted octanol–water partition coefficient (Wildman–Crippen LogP) is 5.53. The van der Waals surface area contributed by atoms with Crippen molar-refractivity contribution in [1.29, 1.82) is 0 Å². The van der Waals surface area contributed by atoms with E-state index in [9.17, 15) is 26.8 Å². The summed E-state index contributed by atoms with van der Waals surface area (Å²) in [6, 6.07) is 23.8. The number of ether oxygens (including phenoxy) is 2. The predicted molar refractivity (Wildman–Crippen MR) is 144 cm³/mol. The molecule has 4 rings (SSSR count). The van der Waals surface area contributed by atoms with Crippen LogP contribution in [0.5, 0.6) is 5.75 Å². The molecule has 0 aliphatic carbocycles. The van der Waals surface area contributed by atoms with Crippen LogP contribution in [0.1, 0.15) is 22.8 Å². The van der Waals surface area contributed by atoms with Gasteiger partial charge in [-0.25, -0.2) is 22.0 Å². The van der Waals surface area contributed by atoms with Gasteiger partial charge in [0.1, 0.15) is 12.4 Å². The third-order valence-corrected chi connectivity index (χ3v) is 6.98. The van der Waals surface area contributed by atoms with E-state index in [1.54, 1.807) is 24.3 Å². The summed E-state index contributed by atoms with van der Waals surface area (Å²) in [5.74, 6) is -3.21. The van der Waals surface area contributed by atoms with Crippen molar-refractivity contribution in [2.75, 3.05) is 10.0 Å². The topological polar surface area (TPSA) is 111 Å². The van der Waals surface area contributed by atoms with Gasteiger partial charge in [-0.2, -0.15) is 0 Å². The Balaban J connectivity index is 1.28. The van der Waals surface area contributed by atoms with E-state index >= 15 is 0 Å². The number of amides is 1. The minimum atomic E-state index is -4.20. The highest BCUT2D eigenvalue weighted by Crippen LogP contribution is 2.20. The summed E-state index contributed by atoms with van der Waals surface area (Å²) in [7, 11) is -4.20. The van der Waals surface area contributed by atoms with Crippen molar-refractivity contribution in [3.8, 4) is 5.75 Å². The van der Waals surface area contributed by atoms with E-state index in [0.717, 1.165) is 11.6 Å². The van der Waals surface area contributed by atoms with E-state index in [0.29, 0.717) is 30.2 Å². The van der Waals surface area contributed by atoms with Crippen LogP contribution in [0.3, 0.4) is 0 Å². The summed E-state index contributed by atoms with van der Waals surface area (Å²) in [5, 5.41) is 2.66. The van der Waals surface area contributed by atoms with Gasteiger partial charge in [0.15, 0.2) is 17.7 Å². The first-order valence-corrected chi connectivity index (χ1v) is 13.5. The van der Waals surface area contributed by atoms with Crippen LogP contribution in [-0.4, -0.2) is 26.4 Å². The molecule has 0 aliphatic heterocycles. The van der Waals surface area contributed by atoms with Gasteiger partial charge in [-0.05, 0) is 79.2 Å². The van der Waals surface area contributed by atoms with Crippen LogP contribution in [0.15, 0.2) is 102 Å². The van der Waals surface area contributed by atoms with Crippen LogP contribution in [0.25, 0.3) is 0 Å². The lowest BCUT2D eigenvalue weighted by Crippen LogP contribution is -2.30. The fourth-order valence-electron chi connectivity index (χ4n) is 3.43. The molecule has 0 heterocycles. The molecule has 4 aromatic rings. The molecular weight excluding hydrogens is 542 g/mol. The average molecular weight is 567 g/mol. The number of hydrogen-bond acceptors (Lipinski definition) is 6. The zero-order valence-corrected chi connectivity index (χ0v) is 22.0. The zero-order valence-electron chi connectivity index (χ0n) is 21.1. The first-order valence-electron chi connectivity index (χ1n) is 12.0. The maximum atomic E-state index is 13.4. The van der Waals surface area contributed by atoms with Gasteiger partial charge in [0.2, 0.25) is 0 Å². The van der Waals surface area contributed by atoms with Gasteiger partial charge in [-0.15, -0.1) is 0 Å². The van der Waals surface area contributed by atoms with Crippen molar-refractivity contribution in [2.45, 2.75) is 24.5 Å². The van der Waals surface area contributed by atoms with E-state index in [2.05, 4.69) is 10.0 Å². The highest BCUT2D eigenvalue weighted by Gasteiger charge is 2.20. The van der Waals surface area contributed by atoms with E-state index in [4.69, 9.17) is 9.47 Å². The number of hydrogen-bond donors (Lipinski definition) is 2. The molecule has 1 amide bonds.